The molecule has 1 fully saturated rings. The van der Waals surface area contributed by atoms with E-state index in [1.807, 2.05) is 13.1 Å². The van der Waals surface area contributed by atoms with Crippen LogP contribution in [-0.4, -0.2) is 26.2 Å². The van der Waals surface area contributed by atoms with Crippen LogP contribution in [0.5, 0.6) is 5.75 Å². The highest BCUT2D eigenvalue weighted by atomic mass is 16.5. The number of benzene rings is 1. The molecular weight excluding hydrogens is 238 g/mol. The Kier molecular flexibility index (Phi) is 4.30. The van der Waals surface area contributed by atoms with E-state index in [-0.39, 0.29) is 0 Å². The molecule has 0 radical (unpaired) electrons. The number of nitrogens with one attached hydrogen (secondary N) is 2. The molecule has 2 N–H and O–H groups in total. The zero-order chi connectivity index (χ0) is 13.8. The van der Waals surface area contributed by atoms with Crippen molar-refractivity contribution in [2.24, 2.45) is 10.9 Å². The van der Waals surface area contributed by atoms with Crippen molar-refractivity contribution in [2.45, 2.75) is 32.9 Å². The molecule has 4 nitrogen and oxygen atoms in total. The number of guanidine groups is 1. The van der Waals surface area contributed by atoms with Crippen LogP contribution in [0.1, 0.15) is 24.5 Å². The maximum atomic E-state index is 5.26. The fourth-order valence-electron chi connectivity index (χ4n) is 2.13. The van der Waals surface area contributed by atoms with Gasteiger partial charge in [-0.3, -0.25) is 4.99 Å². The minimum atomic E-state index is 0.587. The zero-order valence-corrected chi connectivity index (χ0v) is 12.2. The van der Waals surface area contributed by atoms with Gasteiger partial charge in [0.05, 0.1) is 7.11 Å². The van der Waals surface area contributed by atoms with Crippen molar-refractivity contribution in [1.82, 2.24) is 10.6 Å². The number of aliphatic imine (C=N–C) groups is 1. The van der Waals surface area contributed by atoms with E-state index in [9.17, 15) is 0 Å². The third-order valence-corrected chi connectivity index (χ3v) is 3.57. The number of nitrogens with zero attached hydrogens (tertiary/aromatic N) is 1. The predicted molar refractivity (Wildman–Crippen MR) is 78.6 cm³/mol. The van der Waals surface area contributed by atoms with Gasteiger partial charge >= 0.3 is 0 Å². The second-order valence-electron chi connectivity index (χ2n) is 5.19. The first kappa shape index (κ1) is 13.7. The van der Waals surface area contributed by atoms with Crippen LogP contribution in [0.15, 0.2) is 23.2 Å². The van der Waals surface area contributed by atoms with E-state index in [4.69, 9.17) is 4.74 Å². The van der Waals surface area contributed by atoms with E-state index in [0.29, 0.717) is 6.04 Å². The third-order valence-electron chi connectivity index (χ3n) is 3.57. The van der Waals surface area contributed by atoms with Crippen LogP contribution in [0.2, 0.25) is 0 Å². The summed E-state index contributed by atoms with van der Waals surface area (Å²) in [7, 11) is 3.50. The molecule has 4 heteroatoms. The molecule has 1 aliphatic rings. The quantitative estimate of drug-likeness (QED) is 0.644. The molecule has 0 heterocycles. The minimum absolute atomic E-state index is 0.587. The predicted octanol–water partition coefficient (Wildman–Crippen LogP) is 2.08. The first-order chi connectivity index (χ1) is 9.13. The lowest BCUT2D eigenvalue weighted by Gasteiger charge is -2.12. The van der Waals surface area contributed by atoms with Crippen molar-refractivity contribution >= 4 is 5.96 Å². The van der Waals surface area contributed by atoms with E-state index in [1.165, 1.54) is 12.0 Å². The summed E-state index contributed by atoms with van der Waals surface area (Å²) in [5, 5.41) is 6.75. The van der Waals surface area contributed by atoms with E-state index in [2.05, 4.69) is 41.6 Å². The Hall–Kier alpha value is -1.71. The third kappa shape index (κ3) is 3.63. The average molecular weight is 261 g/mol. The number of hydrogen-bond donors (Lipinski definition) is 2. The fourth-order valence-corrected chi connectivity index (χ4v) is 2.13. The Labute approximate surface area is 115 Å². The van der Waals surface area contributed by atoms with E-state index >= 15 is 0 Å². The van der Waals surface area contributed by atoms with Crippen LogP contribution in [0.25, 0.3) is 0 Å². The standard InChI is InChI=1S/C15H23N3O/c1-10-8-13(10)18-15(16-3)17-9-12-5-6-14(19-4)11(2)7-12/h5-7,10,13H,8-9H2,1-4H3,(H2,16,17,18). The molecule has 0 spiro atoms. The Bertz CT molecular complexity index is 470. The van der Waals surface area contributed by atoms with Crippen LogP contribution in [0.4, 0.5) is 0 Å². The largest absolute Gasteiger partial charge is 0.496 e. The molecule has 0 bridgehead atoms. The SMILES string of the molecule is CN=C(NCc1ccc(OC)c(C)c1)NC1CC1C. The topological polar surface area (TPSA) is 45.7 Å². The van der Waals surface area contributed by atoms with Gasteiger partial charge in [-0.2, -0.15) is 0 Å². The molecule has 2 rings (SSSR count). The van der Waals surface area contributed by atoms with Crippen molar-refractivity contribution in [1.29, 1.82) is 0 Å². The Morgan fingerprint density at radius 3 is 2.74 bits per heavy atom. The zero-order valence-electron chi connectivity index (χ0n) is 12.2. The lowest BCUT2D eigenvalue weighted by atomic mass is 10.1. The van der Waals surface area contributed by atoms with Gasteiger partial charge in [-0.15, -0.1) is 0 Å². The highest BCUT2D eigenvalue weighted by Crippen LogP contribution is 2.28. The normalized spacial score (nSPS) is 22.0. The highest BCUT2D eigenvalue weighted by Gasteiger charge is 2.33. The first-order valence-electron chi connectivity index (χ1n) is 6.74. The smallest absolute Gasteiger partial charge is 0.191 e. The van der Waals surface area contributed by atoms with Crippen molar-refractivity contribution in [3.63, 3.8) is 0 Å². The first-order valence-corrected chi connectivity index (χ1v) is 6.74. The van der Waals surface area contributed by atoms with Gasteiger partial charge in [0.2, 0.25) is 0 Å². The Morgan fingerprint density at radius 2 is 2.21 bits per heavy atom. The van der Waals surface area contributed by atoms with Crippen molar-refractivity contribution in [3.05, 3.63) is 29.3 Å². The molecule has 19 heavy (non-hydrogen) atoms. The van der Waals surface area contributed by atoms with E-state index < -0.39 is 0 Å². The Balaban J connectivity index is 1.88. The minimum Gasteiger partial charge on any atom is -0.496 e. The number of methoxy groups -OCH3 is 1. The molecule has 2 unspecified atom stereocenters. The molecule has 0 aliphatic heterocycles. The molecule has 104 valence electrons. The molecule has 1 aromatic rings. The van der Waals surface area contributed by atoms with Gasteiger partial charge in [0.25, 0.3) is 0 Å². The highest BCUT2D eigenvalue weighted by molar-refractivity contribution is 5.80. The van der Waals surface area contributed by atoms with Gasteiger partial charge in [-0.1, -0.05) is 19.1 Å². The second-order valence-corrected chi connectivity index (χ2v) is 5.19. The van der Waals surface area contributed by atoms with Gasteiger partial charge < -0.3 is 15.4 Å². The number of rotatable bonds is 4. The molecule has 2 atom stereocenters. The van der Waals surface area contributed by atoms with Crippen LogP contribution in [0, 0.1) is 12.8 Å². The monoisotopic (exact) mass is 261 g/mol. The number of ether oxygens (including phenoxy) is 1. The Morgan fingerprint density at radius 1 is 1.47 bits per heavy atom. The van der Waals surface area contributed by atoms with Gasteiger partial charge in [0.15, 0.2) is 5.96 Å². The maximum Gasteiger partial charge on any atom is 0.191 e. The molecule has 1 saturated carbocycles. The fraction of sp³-hybridized carbons (Fsp3) is 0.533. The van der Waals surface area contributed by atoms with Gasteiger partial charge in [0.1, 0.15) is 5.75 Å². The molecule has 0 saturated heterocycles. The average Bonchev–Trinajstić information content (AvgIpc) is 3.10. The summed E-state index contributed by atoms with van der Waals surface area (Å²) in [6, 6.07) is 6.81. The maximum absolute atomic E-state index is 5.26. The van der Waals surface area contributed by atoms with Gasteiger partial charge in [-0.05, 0) is 36.5 Å². The molecule has 0 amide bonds. The van der Waals surface area contributed by atoms with Crippen LogP contribution in [-0.2, 0) is 6.54 Å². The van der Waals surface area contributed by atoms with Crippen LogP contribution in [0.3, 0.4) is 0 Å². The van der Waals surface area contributed by atoms with Crippen LogP contribution >= 0.6 is 0 Å². The van der Waals surface area contributed by atoms with E-state index in [1.54, 1.807) is 7.11 Å². The lowest BCUT2D eigenvalue weighted by Crippen LogP contribution is -2.38. The summed E-state index contributed by atoms with van der Waals surface area (Å²) in [5.74, 6) is 2.57. The molecule has 0 aromatic heterocycles. The van der Waals surface area contributed by atoms with Gasteiger partial charge in [0, 0.05) is 19.6 Å². The van der Waals surface area contributed by atoms with Crippen LogP contribution < -0.4 is 15.4 Å². The molecule has 1 aromatic carbocycles. The van der Waals surface area contributed by atoms with Crippen molar-refractivity contribution in [3.8, 4) is 5.75 Å². The van der Waals surface area contributed by atoms with Crippen molar-refractivity contribution < 1.29 is 4.74 Å². The summed E-state index contributed by atoms with van der Waals surface area (Å²) in [5.41, 5.74) is 2.38. The van der Waals surface area contributed by atoms with Crippen molar-refractivity contribution in [2.75, 3.05) is 14.2 Å². The molecule has 1 aliphatic carbocycles. The summed E-state index contributed by atoms with van der Waals surface area (Å²) < 4.78 is 5.26. The molecular formula is C15H23N3O. The van der Waals surface area contributed by atoms with E-state index in [0.717, 1.165) is 29.7 Å². The summed E-state index contributed by atoms with van der Waals surface area (Å²) >= 11 is 0. The summed E-state index contributed by atoms with van der Waals surface area (Å²) in [6.07, 6.45) is 1.24. The summed E-state index contributed by atoms with van der Waals surface area (Å²) in [4.78, 5) is 4.24. The summed E-state index contributed by atoms with van der Waals surface area (Å²) in [6.45, 7) is 5.07. The van der Waals surface area contributed by atoms with Gasteiger partial charge in [-0.25, -0.2) is 0 Å². The lowest BCUT2D eigenvalue weighted by molar-refractivity contribution is 0.411. The number of hydrogen-bond acceptors (Lipinski definition) is 2. The second kappa shape index (κ2) is 5.95. The number of aryl methyl sites for hydroxylation is 1.